The van der Waals surface area contributed by atoms with Gasteiger partial charge in [0.2, 0.25) is 0 Å². The summed E-state index contributed by atoms with van der Waals surface area (Å²) in [4.78, 5) is 12.3. The highest BCUT2D eigenvalue weighted by Crippen LogP contribution is 2.28. The summed E-state index contributed by atoms with van der Waals surface area (Å²) in [7, 11) is 3.20. The van der Waals surface area contributed by atoms with Crippen LogP contribution in [0.15, 0.2) is 42.5 Å². The van der Waals surface area contributed by atoms with E-state index < -0.39 is 0 Å². The largest absolute Gasteiger partial charge is 0.496 e. The SMILES string of the molecule is CC[C@H](C)NC(=O)c1ccc(OC)c(COc2ccccc2OC)c1. The average Bonchev–Trinajstić information content (AvgIpc) is 2.65. The van der Waals surface area contributed by atoms with Gasteiger partial charge in [0, 0.05) is 17.2 Å². The highest BCUT2D eigenvalue weighted by atomic mass is 16.5. The molecule has 0 aliphatic rings. The van der Waals surface area contributed by atoms with Gasteiger partial charge in [-0.3, -0.25) is 4.79 Å². The zero-order valence-electron chi connectivity index (χ0n) is 15.2. The molecule has 0 saturated carbocycles. The Bertz CT molecular complexity index is 715. The van der Waals surface area contributed by atoms with Crippen LogP contribution in [0.4, 0.5) is 0 Å². The van der Waals surface area contributed by atoms with Gasteiger partial charge in [-0.15, -0.1) is 0 Å². The third kappa shape index (κ3) is 4.89. The Kier molecular flexibility index (Phi) is 6.69. The third-order valence-corrected chi connectivity index (χ3v) is 3.98. The van der Waals surface area contributed by atoms with Crippen LogP contribution in [0.5, 0.6) is 17.2 Å². The van der Waals surface area contributed by atoms with E-state index in [1.54, 1.807) is 32.4 Å². The lowest BCUT2D eigenvalue weighted by Gasteiger charge is -2.15. The van der Waals surface area contributed by atoms with Crippen LogP contribution in [-0.2, 0) is 6.61 Å². The molecular weight excluding hydrogens is 318 g/mol. The van der Waals surface area contributed by atoms with Crippen LogP contribution in [-0.4, -0.2) is 26.2 Å². The molecule has 2 aromatic rings. The summed E-state index contributed by atoms with van der Waals surface area (Å²) in [5, 5.41) is 2.96. The summed E-state index contributed by atoms with van der Waals surface area (Å²) in [6.07, 6.45) is 0.881. The molecule has 0 aliphatic carbocycles. The van der Waals surface area contributed by atoms with E-state index >= 15 is 0 Å². The molecule has 0 radical (unpaired) electrons. The van der Waals surface area contributed by atoms with E-state index in [4.69, 9.17) is 14.2 Å². The van der Waals surface area contributed by atoms with Crippen LogP contribution < -0.4 is 19.5 Å². The fraction of sp³-hybridized carbons (Fsp3) is 0.350. The molecule has 1 atom stereocenters. The standard InChI is InChI=1S/C20H25NO4/c1-5-14(2)21-20(22)15-10-11-17(23-3)16(12-15)13-25-19-9-7-6-8-18(19)24-4/h6-12,14H,5,13H2,1-4H3,(H,21,22)/t14-/m0/s1. The van der Waals surface area contributed by atoms with Crippen molar-refractivity contribution in [3.63, 3.8) is 0 Å². The number of rotatable bonds is 8. The maximum atomic E-state index is 12.3. The summed E-state index contributed by atoms with van der Waals surface area (Å²) in [6.45, 7) is 4.28. The molecule has 134 valence electrons. The minimum Gasteiger partial charge on any atom is -0.496 e. The molecule has 1 amide bonds. The number of amides is 1. The number of benzene rings is 2. The zero-order valence-corrected chi connectivity index (χ0v) is 15.2. The van der Waals surface area contributed by atoms with Gasteiger partial charge in [0.15, 0.2) is 11.5 Å². The summed E-state index contributed by atoms with van der Waals surface area (Å²) in [5.74, 6) is 1.87. The first-order chi connectivity index (χ1) is 12.1. The Morgan fingerprint density at radius 2 is 1.72 bits per heavy atom. The van der Waals surface area contributed by atoms with Crippen molar-refractivity contribution in [3.8, 4) is 17.2 Å². The van der Waals surface area contributed by atoms with Crippen molar-refractivity contribution >= 4 is 5.91 Å². The molecule has 0 aliphatic heterocycles. The molecule has 2 aromatic carbocycles. The van der Waals surface area contributed by atoms with Gasteiger partial charge in [-0.1, -0.05) is 19.1 Å². The van der Waals surface area contributed by atoms with Gasteiger partial charge in [0.25, 0.3) is 5.91 Å². The van der Waals surface area contributed by atoms with Crippen LogP contribution in [0.3, 0.4) is 0 Å². The maximum absolute atomic E-state index is 12.3. The summed E-state index contributed by atoms with van der Waals surface area (Å²) < 4.78 is 16.5. The topological polar surface area (TPSA) is 56.8 Å². The van der Waals surface area contributed by atoms with Crippen molar-refractivity contribution in [1.82, 2.24) is 5.32 Å². The van der Waals surface area contributed by atoms with E-state index in [2.05, 4.69) is 5.32 Å². The molecule has 0 fully saturated rings. The molecule has 5 heteroatoms. The third-order valence-electron chi connectivity index (χ3n) is 3.98. The Morgan fingerprint density at radius 1 is 1.04 bits per heavy atom. The lowest BCUT2D eigenvalue weighted by atomic mass is 10.1. The lowest BCUT2D eigenvalue weighted by Crippen LogP contribution is -2.31. The first kappa shape index (κ1) is 18.6. The van der Waals surface area contributed by atoms with Crippen LogP contribution in [0.2, 0.25) is 0 Å². The van der Waals surface area contributed by atoms with Gasteiger partial charge in [0.1, 0.15) is 12.4 Å². The number of hydrogen-bond acceptors (Lipinski definition) is 4. The van der Waals surface area contributed by atoms with Crippen molar-refractivity contribution in [1.29, 1.82) is 0 Å². The second-order valence-electron chi connectivity index (χ2n) is 5.75. The fourth-order valence-corrected chi connectivity index (χ4v) is 2.34. The van der Waals surface area contributed by atoms with Crippen LogP contribution in [0, 0.1) is 0 Å². The summed E-state index contributed by atoms with van der Waals surface area (Å²) >= 11 is 0. The van der Waals surface area contributed by atoms with Gasteiger partial charge in [-0.2, -0.15) is 0 Å². The van der Waals surface area contributed by atoms with Crippen LogP contribution in [0.1, 0.15) is 36.2 Å². The van der Waals surface area contributed by atoms with Crippen molar-refractivity contribution in [2.24, 2.45) is 0 Å². The molecular formula is C20H25NO4. The van der Waals surface area contributed by atoms with Crippen LogP contribution >= 0.6 is 0 Å². The van der Waals surface area contributed by atoms with E-state index in [0.29, 0.717) is 22.8 Å². The quantitative estimate of drug-likeness (QED) is 0.792. The monoisotopic (exact) mass is 343 g/mol. The highest BCUT2D eigenvalue weighted by Gasteiger charge is 2.13. The lowest BCUT2D eigenvalue weighted by molar-refractivity contribution is 0.0939. The Balaban J connectivity index is 2.18. The second kappa shape index (κ2) is 8.97. The molecule has 0 spiro atoms. The number of hydrogen-bond donors (Lipinski definition) is 1. The van der Waals surface area contributed by atoms with E-state index in [1.807, 2.05) is 38.1 Å². The molecule has 0 heterocycles. The van der Waals surface area contributed by atoms with Crippen molar-refractivity contribution in [3.05, 3.63) is 53.6 Å². The second-order valence-corrected chi connectivity index (χ2v) is 5.75. The van der Waals surface area contributed by atoms with Gasteiger partial charge in [0.05, 0.1) is 14.2 Å². The van der Waals surface area contributed by atoms with Crippen LogP contribution in [0.25, 0.3) is 0 Å². The van der Waals surface area contributed by atoms with Gasteiger partial charge in [-0.05, 0) is 43.7 Å². The maximum Gasteiger partial charge on any atom is 0.251 e. The van der Waals surface area contributed by atoms with Crippen molar-refractivity contribution in [2.45, 2.75) is 32.9 Å². The van der Waals surface area contributed by atoms with Gasteiger partial charge < -0.3 is 19.5 Å². The molecule has 0 bridgehead atoms. The minimum absolute atomic E-state index is 0.101. The molecule has 1 N–H and O–H groups in total. The first-order valence-corrected chi connectivity index (χ1v) is 8.32. The van der Waals surface area contributed by atoms with Gasteiger partial charge >= 0.3 is 0 Å². The molecule has 0 aromatic heterocycles. The highest BCUT2D eigenvalue weighted by molar-refractivity contribution is 5.94. The molecule has 0 saturated heterocycles. The predicted molar refractivity (Wildman–Crippen MR) is 97.5 cm³/mol. The van der Waals surface area contributed by atoms with E-state index in [0.717, 1.165) is 12.0 Å². The molecule has 2 rings (SSSR count). The molecule has 0 unspecified atom stereocenters. The molecule has 5 nitrogen and oxygen atoms in total. The number of methoxy groups -OCH3 is 2. The predicted octanol–water partition coefficient (Wildman–Crippen LogP) is 3.81. The average molecular weight is 343 g/mol. The van der Waals surface area contributed by atoms with Crippen molar-refractivity contribution in [2.75, 3.05) is 14.2 Å². The Hall–Kier alpha value is -2.69. The smallest absolute Gasteiger partial charge is 0.251 e. The fourth-order valence-electron chi connectivity index (χ4n) is 2.34. The van der Waals surface area contributed by atoms with Gasteiger partial charge in [-0.25, -0.2) is 0 Å². The zero-order chi connectivity index (χ0) is 18.2. The number of para-hydroxylation sites is 2. The Labute approximate surface area is 148 Å². The number of nitrogens with one attached hydrogen (secondary N) is 1. The van der Waals surface area contributed by atoms with E-state index in [1.165, 1.54) is 0 Å². The van der Waals surface area contributed by atoms with E-state index in [9.17, 15) is 4.79 Å². The summed E-state index contributed by atoms with van der Waals surface area (Å²) in [6, 6.07) is 12.9. The normalized spacial score (nSPS) is 11.5. The summed E-state index contributed by atoms with van der Waals surface area (Å²) in [5.41, 5.74) is 1.38. The Morgan fingerprint density at radius 3 is 2.36 bits per heavy atom. The minimum atomic E-state index is -0.101. The number of carbonyl (C=O) groups excluding carboxylic acids is 1. The van der Waals surface area contributed by atoms with E-state index in [-0.39, 0.29) is 18.6 Å². The number of ether oxygens (including phenoxy) is 3. The van der Waals surface area contributed by atoms with Crippen molar-refractivity contribution < 1.29 is 19.0 Å². The molecule has 25 heavy (non-hydrogen) atoms. The first-order valence-electron chi connectivity index (χ1n) is 8.32. The number of carbonyl (C=O) groups is 1.